The number of hydrogen-bond donors (Lipinski definition) is 1. The first-order chi connectivity index (χ1) is 8.81. The van der Waals surface area contributed by atoms with E-state index >= 15 is 0 Å². The van der Waals surface area contributed by atoms with Gasteiger partial charge in [0.05, 0.1) is 14.2 Å². The van der Waals surface area contributed by atoms with E-state index in [1.807, 2.05) is 18.2 Å². The lowest BCUT2D eigenvalue weighted by atomic mass is 10.2. The Kier molecular flexibility index (Phi) is 3.96. The molecular weight excluding hydrogens is 230 g/mol. The van der Waals surface area contributed by atoms with Gasteiger partial charge in [0.15, 0.2) is 0 Å². The maximum Gasteiger partial charge on any atom is 0.222 e. The van der Waals surface area contributed by atoms with Crippen LogP contribution in [0.1, 0.15) is 5.56 Å². The van der Waals surface area contributed by atoms with Crippen molar-refractivity contribution in [3.63, 3.8) is 0 Å². The lowest BCUT2D eigenvalue weighted by molar-refractivity contribution is 0.393. The molecule has 5 heteroatoms. The minimum absolute atomic E-state index is 0.597. The van der Waals surface area contributed by atoms with Crippen LogP contribution in [0.5, 0.6) is 11.5 Å². The summed E-state index contributed by atoms with van der Waals surface area (Å²) in [4.78, 5) is 8.19. The topological polar surface area (TPSA) is 56.3 Å². The first-order valence-corrected chi connectivity index (χ1v) is 5.54. The highest BCUT2D eigenvalue weighted by Crippen LogP contribution is 2.22. The molecule has 0 radical (unpaired) electrons. The average Bonchev–Trinajstić information content (AvgIpc) is 2.45. The summed E-state index contributed by atoms with van der Waals surface area (Å²) in [7, 11) is 3.26. The fourth-order valence-corrected chi connectivity index (χ4v) is 1.54. The van der Waals surface area contributed by atoms with Crippen LogP contribution < -0.4 is 14.8 Å². The quantitative estimate of drug-likeness (QED) is 0.874. The van der Waals surface area contributed by atoms with E-state index in [2.05, 4.69) is 15.3 Å². The van der Waals surface area contributed by atoms with Crippen molar-refractivity contribution in [3.8, 4) is 11.5 Å². The Bertz CT molecular complexity index is 481. The second kappa shape index (κ2) is 5.86. The molecule has 1 aromatic heterocycles. The van der Waals surface area contributed by atoms with Gasteiger partial charge in [-0.15, -0.1) is 0 Å². The van der Waals surface area contributed by atoms with Gasteiger partial charge in [0, 0.05) is 25.0 Å². The first-order valence-electron chi connectivity index (χ1n) is 5.54. The molecule has 5 nitrogen and oxygen atoms in total. The molecule has 0 amide bonds. The Hall–Kier alpha value is -2.30. The van der Waals surface area contributed by atoms with Gasteiger partial charge in [0.2, 0.25) is 5.95 Å². The molecule has 1 aromatic carbocycles. The smallest absolute Gasteiger partial charge is 0.222 e. The molecular formula is C13H15N3O2. The minimum atomic E-state index is 0.597. The molecule has 0 atom stereocenters. The summed E-state index contributed by atoms with van der Waals surface area (Å²) >= 11 is 0. The number of anilines is 1. The van der Waals surface area contributed by atoms with Crippen LogP contribution in [0.4, 0.5) is 5.95 Å². The van der Waals surface area contributed by atoms with Crippen LogP contribution in [0.3, 0.4) is 0 Å². The summed E-state index contributed by atoms with van der Waals surface area (Å²) < 4.78 is 10.4. The molecule has 0 aliphatic rings. The van der Waals surface area contributed by atoms with Crippen LogP contribution in [0.25, 0.3) is 0 Å². The standard InChI is InChI=1S/C13H15N3O2/c1-17-11-6-10(7-12(8-11)18-2)9-16-13-14-4-3-5-15-13/h3-8H,9H2,1-2H3,(H,14,15,16). The number of methoxy groups -OCH3 is 2. The van der Waals surface area contributed by atoms with Crippen molar-refractivity contribution in [2.75, 3.05) is 19.5 Å². The first kappa shape index (κ1) is 12.2. The number of nitrogens with zero attached hydrogens (tertiary/aromatic N) is 2. The largest absolute Gasteiger partial charge is 0.497 e. The second-order valence-corrected chi connectivity index (χ2v) is 3.65. The Morgan fingerprint density at radius 3 is 2.17 bits per heavy atom. The fraction of sp³-hybridized carbons (Fsp3) is 0.231. The predicted molar refractivity (Wildman–Crippen MR) is 68.9 cm³/mol. The third-order valence-corrected chi connectivity index (χ3v) is 2.43. The molecule has 1 heterocycles. The normalized spacial score (nSPS) is 9.89. The van der Waals surface area contributed by atoms with E-state index < -0.39 is 0 Å². The summed E-state index contributed by atoms with van der Waals surface area (Å²) in [5, 5.41) is 3.13. The maximum absolute atomic E-state index is 5.21. The molecule has 0 spiro atoms. The molecule has 0 aliphatic heterocycles. The summed E-state index contributed by atoms with van der Waals surface area (Å²) in [5.41, 5.74) is 1.04. The number of ether oxygens (including phenoxy) is 2. The summed E-state index contributed by atoms with van der Waals surface area (Å²) in [6.45, 7) is 0.609. The van der Waals surface area contributed by atoms with Gasteiger partial charge in [-0.25, -0.2) is 9.97 Å². The van der Waals surface area contributed by atoms with Gasteiger partial charge < -0.3 is 14.8 Å². The van der Waals surface area contributed by atoms with Gasteiger partial charge >= 0.3 is 0 Å². The Morgan fingerprint density at radius 1 is 1.00 bits per heavy atom. The SMILES string of the molecule is COc1cc(CNc2ncccn2)cc(OC)c1. The van der Waals surface area contributed by atoms with E-state index in [0.717, 1.165) is 17.1 Å². The Labute approximate surface area is 106 Å². The zero-order valence-electron chi connectivity index (χ0n) is 10.4. The highest BCUT2D eigenvalue weighted by atomic mass is 16.5. The second-order valence-electron chi connectivity index (χ2n) is 3.65. The van der Waals surface area contributed by atoms with Crippen molar-refractivity contribution in [2.24, 2.45) is 0 Å². The van der Waals surface area contributed by atoms with Crippen molar-refractivity contribution >= 4 is 5.95 Å². The van der Waals surface area contributed by atoms with Gasteiger partial charge in [0.25, 0.3) is 0 Å². The van der Waals surface area contributed by atoms with Crippen molar-refractivity contribution in [1.82, 2.24) is 9.97 Å². The van der Waals surface area contributed by atoms with Crippen LogP contribution in [0.2, 0.25) is 0 Å². The predicted octanol–water partition coefficient (Wildman–Crippen LogP) is 2.11. The monoisotopic (exact) mass is 245 g/mol. The van der Waals surface area contributed by atoms with E-state index in [-0.39, 0.29) is 0 Å². The molecule has 0 aliphatic carbocycles. The van der Waals surface area contributed by atoms with Crippen molar-refractivity contribution < 1.29 is 9.47 Å². The third-order valence-electron chi connectivity index (χ3n) is 2.43. The highest BCUT2D eigenvalue weighted by molar-refractivity contribution is 5.40. The van der Waals surface area contributed by atoms with Crippen LogP contribution >= 0.6 is 0 Å². The zero-order chi connectivity index (χ0) is 12.8. The van der Waals surface area contributed by atoms with Crippen molar-refractivity contribution in [1.29, 1.82) is 0 Å². The summed E-state index contributed by atoms with van der Waals surface area (Å²) in [6, 6.07) is 7.50. The summed E-state index contributed by atoms with van der Waals surface area (Å²) in [6.07, 6.45) is 3.39. The molecule has 0 saturated heterocycles. The van der Waals surface area contributed by atoms with E-state index in [9.17, 15) is 0 Å². The molecule has 0 saturated carbocycles. The van der Waals surface area contributed by atoms with E-state index in [1.165, 1.54) is 0 Å². The molecule has 0 bridgehead atoms. The van der Waals surface area contributed by atoms with Crippen LogP contribution in [0, 0.1) is 0 Å². The van der Waals surface area contributed by atoms with Gasteiger partial charge in [-0.2, -0.15) is 0 Å². The van der Waals surface area contributed by atoms with Crippen molar-refractivity contribution in [3.05, 3.63) is 42.2 Å². The molecule has 1 N–H and O–H groups in total. The van der Waals surface area contributed by atoms with Gasteiger partial charge in [-0.3, -0.25) is 0 Å². The molecule has 0 fully saturated rings. The lowest BCUT2D eigenvalue weighted by Crippen LogP contribution is -2.03. The number of benzene rings is 1. The fourth-order valence-electron chi connectivity index (χ4n) is 1.54. The Balaban J connectivity index is 2.09. The molecule has 2 rings (SSSR count). The molecule has 0 unspecified atom stereocenters. The van der Waals surface area contributed by atoms with Gasteiger partial charge in [-0.05, 0) is 23.8 Å². The van der Waals surface area contributed by atoms with E-state index in [0.29, 0.717) is 12.5 Å². The number of nitrogens with one attached hydrogen (secondary N) is 1. The van der Waals surface area contributed by atoms with Crippen LogP contribution in [-0.2, 0) is 6.54 Å². The molecule has 94 valence electrons. The number of hydrogen-bond acceptors (Lipinski definition) is 5. The maximum atomic E-state index is 5.21. The highest BCUT2D eigenvalue weighted by Gasteiger charge is 2.02. The van der Waals surface area contributed by atoms with Gasteiger partial charge in [-0.1, -0.05) is 0 Å². The number of aromatic nitrogens is 2. The lowest BCUT2D eigenvalue weighted by Gasteiger charge is -2.09. The summed E-state index contributed by atoms with van der Waals surface area (Å²) in [5.74, 6) is 2.12. The van der Waals surface area contributed by atoms with Crippen LogP contribution in [0.15, 0.2) is 36.7 Å². The third kappa shape index (κ3) is 3.10. The van der Waals surface area contributed by atoms with Crippen molar-refractivity contribution in [2.45, 2.75) is 6.54 Å². The molecule has 18 heavy (non-hydrogen) atoms. The number of rotatable bonds is 5. The van der Waals surface area contributed by atoms with E-state index in [1.54, 1.807) is 32.7 Å². The molecule has 2 aromatic rings. The van der Waals surface area contributed by atoms with Crippen LogP contribution in [-0.4, -0.2) is 24.2 Å². The minimum Gasteiger partial charge on any atom is -0.497 e. The Morgan fingerprint density at radius 2 is 1.61 bits per heavy atom. The average molecular weight is 245 g/mol. The van der Waals surface area contributed by atoms with E-state index in [4.69, 9.17) is 9.47 Å². The zero-order valence-corrected chi connectivity index (χ0v) is 10.4. The van der Waals surface area contributed by atoms with Gasteiger partial charge in [0.1, 0.15) is 11.5 Å².